The molecule has 0 bridgehead atoms. The van der Waals surface area contributed by atoms with Crippen LogP contribution in [0.1, 0.15) is 5.76 Å². The number of furan rings is 1. The van der Waals surface area contributed by atoms with Crippen molar-refractivity contribution in [2.75, 3.05) is 6.61 Å². The zero-order chi connectivity index (χ0) is 9.47. The first kappa shape index (κ1) is 8.43. The molecule has 70 valence electrons. The summed E-state index contributed by atoms with van der Waals surface area (Å²) in [6, 6.07) is 2.94. The number of rotatable bonds is 1. The van der Waals surface area contributed by atoms with Crippen LogP contribution in [0.2, 0.25) is 0 Å². The third-order valence-corrected chi connectivity index (χ3v) is 1.94. The van der Waals surface area contributed by atoms with E-state index in [1.165, 1.54) is 18.4 Å². The highest BCUT2D eigenvalue weighted by molar-refractivity contribution is 5.91. The van der Waals surface area contributed by atoms with E-state index in [1.807, 2.05) is 0 Å². The average Bonchev–Trinajstić information content (AvgIpc) is 2.71. The number of ketones is 1. The van der Waals surface area contributed by atoms with E-state index in [0.29, 0.717) is 0 Å². The molecule has 0 radical (unpaired) electrons. The predicted octanol–water partition coefficient (Wildman–Crippen LogP) is -0.615. The van der Waals surface area contributed by atoms with Gasteiger partial charge < -0.3 is 19.4 Å². The zero-order valence-corrected chi connectivity index (χ0v) is 6.64. The molecule has 0 saturated carbocycles. The van der Waals surface area contributed by atoms with Crippen molar-refractivity contribution < 1.29 is 24.2 Å². The van der Waals surface area contributed by atoms with Gasteiger partial charge in [0.2, 0.25) is 5.78 Å². The molecule has 2 rings (SSSR count). The molecule has 0 spiro atoms. The fraction of sp³-hybridized carbons (Fsp3) is 0.375. The Hall–Kier alpha value is -1.17. The summed E-state index contributed by atoms with van der Waals surface area (Å²) in [6.07, 6.45) is 0.0318. The summed E-state index contributed by atoms with van der Waals surface area (Å²) in [5, 5.41) is 18.7. The maximum absolute atomic E-state index is 11.2. The molecule has 0 aliphatic carbocycles. The molecule has 2 N–H and O–H groups in total. The quantitative estimate of drug-likeness (QED) is 0.608. The van der Waals surface area contributed by atoms with Crippen molar-refractivity contribution in [1.29, 1.82) is 0 Å². The standard InChI is InChI=1S/C8H8O5/c9-5-4-13-8(11,7(5)10)6-2-1-3-12-6/h1-3,5,9,11H,4H2. The SMILES string of the molecule is O=C1C(O)COC1(O)c1ccco1. The molecule has 13 heavy (non-hydrogen) atoms. The first-order valence-corrected chi connectivity index (χ1v) is 3.77. The number of aliphatic hydroxyl groups excluding tert-OH is 1. The summed E-state index contributed by atoms with van der Waals surface area (Å²) < 4.78 is 9.60. The van der Waals surface area contributed by atoms with Crippen molar-refractivity contribution in [3.05, 3.63) is 24.2 Å². The van der Waals surface area contributed by atoms with Crippen LogP contribution in [0.25, 0.3) is 0 Å². The van der Waals surface area contributed by atoms with E-state index < -0.39 is 17.7 Å². The van der Waals surface area contributed by atoms with Gasteiger partial charge in [-0.1, -0.05) is 0 Å². The molecule has 1 aromatic rings. The second-order valence-electron chi connectivity index (χ2n) is 2.81. The summed E-state index contributed by atoms with van der Waals surface area (Å²) in [4.78, 5) is 11.2. The zero-order valence-electron chi connectivity index (χ0n) is 6.64. The third kappa shape index (κ3) is 1.09. The van der Waals surface area contributed by atoms with Gasteiger partial charge in [0.1, 0.15) is 6.10 Å². The fourth-order valence-electron chi connectivity index (χ4n) is 1.24. The average molecular weight is 184 g/mol. The Kier molecular flexibility index (Phi) is 1.73. The highest BCUT2D eigenvalue weighted by atomic mass is 16.7. The van der Waals surface area contributed by atoms with Gasteiger partial charge in [0.05, 0.1) is 12.9 Å². The van der Waals surface area contributed by atoms with Crippen LogP contribution in [-0.4, -0.2) is 28.7 Å². The number of carbonyl (C=O) groups is 1. The molecule has 5 heteroatoms. The molecule has 1 saturated heterocycles. The van der Waals surface area contributed by atoms with Crippen LogP contribution in [0.3, 0.4) is 0 Å². The molecule has 1 aliphatic heterocycles. The second kappa shape index (κ2) is 2.66. The Labute approximate surface area is 73.5 Å². The molecule has 5 nitrogen and oxygen atoms in total. The van der Waals surface area contributed by atoms with E-state index in [1.54, 1.807) is 0 Å². The van der Waals surface area contributed by atoms with Gasteiger partial charge in [0.15, 0.2) is 5.76 Å². The van der Waals surface area contributed by atoms with Crippen molar-refractivity contribution in [3.63, 3.8) is 0 Å². The smallest absolute Gasteiger partial charge is 0.290 e. The lowest BCUT2D eigenvalue weighted by molar-refractivity contribution is -0.194. The largest absolute Gasteiger partial charge is 0.463 e. The normalized spacial score (nSPS) is 34.0. The van der Waals surface area contributed by atoms with Crippen molar-refractivity contribution in [2.24, 2.45) is 0 Å². The molecule has 1 aromatic heterocycles. The molecule has 0 amide bonds. The minimum Gasteiger partial charge on any atom is -0.463 e. The van der Waals surface area contributed by atoms with E-state index >= 15 is 0 Å². The van der Waals surface area contributed by atoms with Crippen LogP contribution in [0.4, 0.5) is 0 Å². The number of aliphatic hydroxyl groups is 2. The van der Waals surface area contributed by atoms with E-state index in [-0.39, 0.29) is 12.4 Å². The van der Waals surface area contributed by atoms with Gasteiger partial charge in [-0.3, -0.25) is 4.79 Å². The van der Waals surface area contributed by atoms with Crippen LogP contribution >= 0.6 is 0 Å². The number of ether oxygens (including phenoxy) is 1. The topological polar surface area (TPSA) is 79.9 Å². The van der Waals surface area contributed by atoms with Gasteiger partial charge in [-0.25, -0.2) is 0 Å². The van der Waals surface area contributed by atoms with Gasteiger partial charge in [-0.15, -0.1) is 0 Å². The van der Waals surface area contributed by atoms with Crippen LogP contribution in [0.15, 0.2) is 22.8 Å². The highest BCUT2D eigenvalue weighted by Crippen LogP contribution is 2.30. The Balaban J connectivity index is 2.37. The number of hydrogen-bond acceptors (Lipinski definition) is 5. The number of Topliss-reactive ketones (excluding diaryl/α,β-unsaturated/α-hetero) is 1. The molecule has 2 atom stereocenters. The van der Waals surface area contributed by atoms with Crippen LogP contribution in [0.5, 0.6) is 0 Å². The van der Waals surface area contributed by atoms with Gasteiger partial charge in [-0.2, -0.15) is 0 Å². The van der Waals surface area contributed by atoms with Gasteiger partial charge in [0, 0.05) is 0 Å². The van der Waals surface area contributed by atoms with E-state index in [4.69, 9.17) is 14.3 Å². The molecular formula is C8H8O5. The molecule has 1 fully saturated rings. The third-order valence-electron chi connectivity index (χ3n) is 1.94. The van der Waals surface area contributed by atoms with Crippen LogP contribution in [0, 0.1) is 0 Å². The van der Waals surface area contributed by atoms with Crippen molar-refractivity contribution in [3.8, 4) is 0 Å². The van der Waals surface area contributed by atoms with E-state index in [2.05, 4.69) is 0 Å². The van der Waals surface area contributed by atoms with Gasteiger partial charge in [0.25, 0.3) is 5.79 Å². The summed E-state index contributed by atoms with van der Waals surface area (Å²) in [6.45, 7) is -0.212. The number of carbonyl (C=O) groups excluding carboxylic acids is 1. The Morgan fingerprint density at radius 3 is 2.85 bits per heavy atom. The molecule has 1 aliphatic rings. The lowest BCUT2D eigenvalue weighted by Gasteiger charge is -2.15. The summed E-state index contributed by atoms with van der Waals surface area (Å²) in [5.74, 6) is -2.90. The Bertz CT molecular complexity index is 317. The van der Waals surface area contributed by atoms with Crippen LogP contribution in [-0.2, 0) is 15.3 Å². The highest BCUT2D eigenvalue weighted by Gasteiger charge is 2.51. The van der Waals surface area contributed by atoms with Crippen molar-refractivity contribution in [2.45, 2.75) is 11.9 Å². The number of hydrogen-bond donors (Lipinski definition) is 2. The lowest BCUT2D eigenvalue weighted by Crippen LogP contribution is -2.35. The van der Waals surface area contributed by atoms with Crippen molar-refractivity contribution >= 4 is 5.78 Å². The summed E-state index contributed by atoms with van der Waals surface area (Å²) in [7, 11) is 0. The monoisotopic (exact) mass is 184 g/mol. The first-order chi connectivity index (χ1) is 6.14. The van der Waals surface area contributed by atoms with E-state index in [9.17, 15) is 9.90 Å². The minimum atomic E-state index is -2.11. The Morgan fingerprint density at radius 2 is 2.38 bits per heavy atom. The van der Waals surface area contributed by atoms with E-state index in [0.717, 1.165) is 0 Å². The molecule has 2 unspecified atom stereocenters. The van der Waals surface area contributed by atoms with Crippen molar-refractivity contribution in [1.82, 2.24) is 0 Å². The first-order valence-electron chi connectivity index (χ1n) is 3.77. The van der Waals surface area contributed by atoms with Crippen LogP contribution < -0.4 is 0 Å². The maximum atomic E-state index is 11.2. The predicted molar refractivity (Wildman–Crippen MR) is 39.6 cm³/mol. The summed E-state index contributed by atoms with van der Waals surface area (Å²) >= 11 is 0. The fourth-order valence-corrected chi connectivity index (χ4v) is 1.24. The molecule has 2 heterocycles. The minimum absolute atomic E-state index is 0.00551. The Morgan fingerprint density at radius 1 is 1.62 bits per heavy atom. The van der Waals surface area contributed by atoms with Gasteiger partial charge >= 0.3 is 0 Å². The summed E-state index contributed by atoms with van der Waals surface area (Å²) in [5.41, 5.74) is 0. The maximum Gasteiger partial charge on any atom is 0.290 e. The molecule has 0 aromatic carbocycles. The second-order valence-corrected chi connectivity index (χ2v) is 2.81. The van der Waals surface area contributed by atoms with Gasteiger partial charge in [-0.05, 0) is 12.1 Å². The molecular weight excluding hydrogens is 176 g/mol. The lowest BCUT2D eigenvalue weighted by atomic mass is 10.1.